The Labute approximate surface area is 123 Å². The number of carbonyl (C=O) groups is 2. The van der Waals surface area contributed by atoms with Crippen LogP contribution in [0.3, 0.4) is 0 Å². The average Bonchev–Trinajstić information content (AvgIpc) is 2.53. The Bertz CT molecular complexity index is 703. The predicted octanol–water partition coefficient (Wildman–Crippen LogP) is 2.56. The number of piperidine rings is 1. The lowest BCUT2D eigenvalue weighted by Gasteiger charge is -2.27. The number of fused-ring (bicyclic) bond motifs is 1. The van der Waals surface area contributed by atoms with E-state index in [0.717, 1.165) is 36.7 Å². The minimum absolute atomic E-state index is 0.0112. The molecule has 2 N–H and O–H groups in total. The van der Waals surface area contributed by atoms with Crippen LogP contribution in [0.1, 0.15) is 40.0 Å². The molecule has 0 spiro atoms. The van der Waals surface area contributed by atoms with E-state index in [1.165, 1.54) is 6.42 Å². The Hall–Kier alpha value is -2.36. The molecule has 4 nitrogen and oxygen atoms in total. The molecule has 2 aromatic rings. The fraction of sp³-hybridized carbons (Fsp3) is 0.294. The zero-order chi connectivity index (χ0) is 14.8. The van der Waals surface area contributed by atoms with E-state index >= 15 is 0 Å². The average molecular weight is 282 g/mol. The number of primary amides is 1. The molecule has 1 fully saturated rings. The Kier molecular flexibility index (Phi) is 3.60. The highest BCUT2D eigenvalue weighted by atomic mass is 16.2. The predicted molar refractivity (Wildman–Crippen MR) is 82.2 cm³/mol. The second-order valence-corrected chi connectivity index (χ2v) is 5.46. The van der Waals surface area contributed by atoms with Crippen LogP contribution in [0.5, 0.6) is 0 Å². The highest BCUT2D eigenvalue weighted by molar-refractivity contribution is 6.10. The molecule has 2 amide bonds. The molecule has 108 valence electrons. The van der Waals surface area contributed by atoms with Crippen molar-refractivity contribution >= 4 is 22.6 Å². The molecule has 0 aromatic heterocycles. The second kappa shape index (κ2) is 5.56. The molecule has 1 saturated heterocycles. The van der Waals surface area contributed by atoms with Gasteiger partial charge in [-0.1, -0.05) is 24.3 Å². The van der Waals surface area contributed by atoms with E-state index in [4.69, 9.17) is 5.73 Å². The third kappa shape index (κ3) is 2.61. The van der Waals surface area contributed by atoms with Crippen molar-refractivity contribution in [2.75, 3.05) is 13.1 Å². The first-order valence-electron chi connectivity index (χ1n) is 7.29. The quantitative estimate of drug-likeness (QED) is 0.920. The summed E-state index contributed by atoms with van der Waals surface area (Å²) < 4.78 is 0. The van der Waals surface area contributed by atoms with Crippen LogP contribution in [-0.4, -0.2) is 29.8 Å². The van der Waals surface area contributed by atoms with Crippen molar-refractivity contribution in [2.24, 2.45) is 5.73 Å². The molecule has 1 heterocycles. The van der Waals surface area contributed by atoms with E-state index in [1.807, 2.05) is 35.2 Å². The molecule has 1 aliphatic rings. The number of amides is 2. The largest absolute Gasteiger partial charge is 0.366 e. The van der Waals surface area contributed by atoms with Gasteiger partial charge in [0.15, 0.2) is 0 Å². The van der Waals surface area contributed by atoms with Crippen molar-refractivity contribution in [1.82, 2.24) is 4.90 Å². The van der Waals surface area contributed by atoms with Gasteiger partial charge in [-0.15, -0.1) is 0 Å². The van der Waals surface area contributed by atoms with Gasteiger partial charge in [0, 0.05) is 24.2 Å². The summed E-state index contributed by atoms with van der Waals surface area (Å²) in [6.45, 7) is 1.58. The molecule has 2 aromatic carbocycles. The van der Waals surface area contributed by atoms with Crippen molar-refractivity contribution in [3.63, 3.8) is 0 Å². The van der Waals surface area contributed by atoms with Gasteiger partial charge in [-0.05, 0) is 42.2 Å². The molecular formula is C17H18N2O2. The summed E-state index contributed by atoms with van der Waals surface area (Å²) in [6, 6.07) is 11.0. The van der Waals surface area contributed by atoms with E-state index in [2.05, 4.69) is 0 Å². The van der Waals surface area contributed by atoms with Crippen LogP contribution in [-0.2, 0) is 0 Å². The van der Waals surface area contributed by atoms with Gasteiger partial charge in [0.25, 0.3) is 5.91 Å². The number of carbonyl (C=O) groups excluding carboxylic acids is 2. The van der Waals surface area contributed by atoms with Crippen LogP contribution in [0, 0.1) is 0 Å². The standard InChI is InChI=1S/C17H18N2O2/c18-16(20)15-11-13(10-12-6-2-3-7-14(12)15)17(21)19-8-4-1-5-9-19/h2-3,6-7,10-11H,1,4-5,8-9H2,(H2,18,20). The molecule has 4 heteroatoms. The Morgan fingerprint density at radius 3 is 2.43 bits per heavy atom. The second-order valence-electron chi connectivity index (χ2n) is 5.46. The summed E-state index contributed by atoms with van der Waals surface area (Å²) >= 11 is 0. The van der Waals surface area contributed by atoms with Crippen LogP contribution in [0.2, 0.25) is 0 Å². The molecular weight excluding hydrogens is 264 g/mol. The van der Waals surface area contributed by atoms with Crippen molar-refractivity contribution in [2.45, 2.75) is 19.3 Å². The first-order chi connectivity index (χ1) is 10.2. The summed E-state index contributed by atoms with van der Waals surface area (Å²) in [5, 5.41) is 1.66. The van der Waals surface area contributed by atoms with Gasteiger partial charge >= 0.3 is 0 Å². The van der Waals surface area contributed by atoms with Gasteiger partial charge in [-0.25, -0.2) is 0 Å². The summed E-state index contributed by atoms with van der Waals surface area (Å²) in [5.41, 5.74) is 6.42. The van der Waals surface area contributed by atoms with E-state index in [0.29, 0.717) is 11.1 Å². The molecule has 1 aliphatic heterocycles. The lowest BCUT2D eigenvalue weighted by atomic mass is 9.99. The Morgan fingerprint density at radius 2 is 1.71 bits per heavy atom. The Morgan fingerprint density at radius 1 is 1.00 bits per heavy atom. The van der Waals surface area contributed by atoms with E-state index in [-0.39, 0.29) is 5.91 Å². The maximum atomic E-state index is 12.6. The summed E-state index contributed by atoms with van der Waals surface area (Å²) in [5.74, 6) is -0.512. The molecule has 0 aliphatic carbocycles. The first kappa shape index (κ1) is 13.6. The zero-order valence-corrected chi connectivity index (χ0v) is 11.8. The molecule has 3 rings (SSSR count). The first-order valence-corrected chi connectivity index (χ1v) is 7.29. The maximum absolute atomic E-state index is 12.6. The van der Waals surface area contributed by atoms with Gasteiger partial charge in [0.1, 0.15) is 0 Å². The minimum Gasteiger partial charge on any atom is -0.366 e. The molecule has 0 atom stereocenters. The van der Waals surface area contributed by atoms with E-state index < -0.39 is 5.91 Å². The van der Waals surface area contributed by atoms with Crippen LogP contribution in [0.25, 0.3) is 10.8 Å². The molecule has 0 unspecified atom stereocenters. The molecule has 21 heavy (non-hydrogen) atoms. The van der Waals surface area contributed by atoms with E-state index in [9.17, 15) is 9.59 Å². The van der Waals surface area contributed by atoms with Crippen molar-refractivity contribution in [1.29, 1.82) is 0 Å². The van der Waals surface area contributed by atoms with Gasteiger partial charge < -0.3 is 10.6 Å². The number of hydrogen-bond acceptors (Lipinski definition) is 2. The SMILES string of the molecule is NC(=O)c1cc(C(=O)N2CCCCC2)cc2ccccc12. The monoisotopic (exact) mass is 282 g/mol. The lowest BCUT2D eigenvalue weighted by Crippen LogP contribution is -2.35. The summed E-state index contributed by atoms with van der Waals surface area (Å²) in [4.78, 5) is 26.1. The number of benzene rings is 2. The smallest absolute Gasteiger partial charge is 0.253 e. The van der Waals surface area contributed by atoms with Crippen LogP contribution in [0.15, 0.2) is 36.4 Å². The van der Waals surface area contributed by atoms with E-state index in [1.54, 1.807) is 6.07 Å². The Balaban J connectivity index is 2.06. The molecule has 0 saturated carbocycles. The third-order valence-corrected chi connectivity index (χ3v) is 4.02. The summed E-state index contributed by atoms with van der Waals surface area (Å²) in [6.07, 6.45) is 3.26. The van der Waals surface area contributed by atoms with Crippen LogP contribution >= 0.6 is 0 Å². The highest BCUT2D eigenvalue weighted by Gasteiger charge is 2.20. The van der Waals surface area contributed by atoms with Crippen molar-refractivity contribution in [3.8, 4) is 0 Å². The third-order valence-electron chi connectivity index (χ3n) is 4.02. The normalized spacial score (nSPS) is 15.1. The van der Waals surface area contributed by atoms with Crippen LogP contribution < -0.4 is 5.73 Å². The fourth-order valence-electron chi connectivity index (χ4n) is 2.92. The maximum Gasteiger partial charge on any atom is 0.253 e. The molecule has 0 bridgehead atoms. The molecule has 0 radical (unpaired) electrons. The highest BCUT2D eigenvalue weighted by Crippen LogP contribution is 2.23. The fourth-order valence-corrected chi connectivity index (χ4v) is 2.92. The number of nitrogens with two attached hydrogens (primary N) is 1. The zero-order valence-electron chi connectivity index (χ0n) is 11.8. The minimum atomic E-state index is -0.500. The number of rotatable bonds is 2. The number of nitrogens with zero attached hydrogens (tertiary/aromatic N) is 1. The lowest BCUT2D eigenvalue weighted by molar-refractivity contribution is 0.0724. The van der Waals surface area contributed by atoms with Crippen molar-refractivity contribution in [3.05, 3.63) is 47.5 Å². The number of hydrogen-bond donors (Lipinski definition) is 1. The van der Waals surface area contributed by atoms with Crippen LogP contribution in [0.4, 0.5) is 0 Å². The topological polar surface area (TPSA) is 63.4 Å². The van der Waals surface area contributed by atoms with Gasteiger partial charge in [0.2, 0.25) is 5.91 Å². The van der Waals surface area contributed by atoms with Gasteiger partial charge in [0.05, 0.1) is 0 Å². The van der Waals surface area contributed by atoms with Crippen molar-refractivity contribution < 1.29 is 9.59 Å². The summed E-state index contributed by atoms with van der Waals surface area (Å²) in [7, 11) is 0. The van der Waals surface area contributed by atoms with Gasteiger partial charge in [-0.2, -0.15) is 0 Å². The van der Waals surface area contributed by atoms with Gasteiger partial charge in [-0.3, -0.25) is 9.59 Å². The number of likely N-dealkylation sites (tertiary alicyclic amines) is 1.